The van der Waals surface area contributed by atoms with Gasteiger partial charge in [-0.15, -0.1) is 0 Å². The van der Waals surface area contributed by atoms with Crippen molar-refractivity contribution >= 4 is 68.1 Å². The second-order valence-corrected chi connectivity index (χ2v) is 8.64. The summed E-state index contributed by atoms with van der Waals surface area (Å²) in [5.41, 5.74) is 1.93. The van der Waals surface area contributed by atoms with Crippen molar-refractivity contribution in [2.24, 2.45) is 0 Å². The summed E-state index contributed by atoms with van der Waals surface area (Å²) in [7, 11) is 1.59. The minimum atomic E-state index is -0.392. The van der Waals surface area contributed by atoms with Crippen LogP contribution in [0.4, 0.5) is 11.4 Å². The number of ether oxygens (including phenoxy) is 2. The van der Waals surface area contributed by atoms with Crippen LogP contribution in [-0.2, 0) is 4.74 Å². The van der Waals surface area contributed by atoms with E-state index in [0.29, 0.717) is 51.0 Å². The van der Waals surface area contributed by atoms with Crippen LogP contribution in [-0.4, -0.2) is 37.3 Å². The Hall–Kier alpha value is -2.98. The predicted molar refractivity (Wildman–Crippen MR) is 141 cm³/mol. The number of benzene rings is 3. The van der Waals surface area contributed by atoms with E-state index in [0.717, 1.165) is 0 Å². The second kappa shape index (κ2) is 12.5. The molecule has 0 atom stereocenters. The van der Waals surface area contributed by atoms with Gasteiger partial charge in [0.05, 0.1) is 11.1 Å². The predicted octanol–water partition coefficient (Wildman–Crippen LogP) is 5.51. The molecule has 0 fully saturated rings. The maximum Gasteiger partial charge on any atom is 0.257 e. The van der Waals surface area contributed by atoms with Gasteiger partial charge in [0.1, 0.15) is 12.4 Å². The van der Waals surface area contributed by atoms with Crippen LogP contribution in [0.2, 0.25) is 5.02 Å². The van der Waals surface area contributed by atoms with Crippen LogP contribution in [0.3, 0.4) is 0 Å². The van der Waals surface area contributed by atoms with Gasteiger partial charge in [-0.3, -0.25) is 14.9 Å². The molecule has 2 amide bonds. The van der Waals surface area contributed by atoms with Crippen LogP contribution in [0.5, 0.6) is 5.75 Å². The van der Waals surface area contributed by atoms with Crippen molar-refractivity contribution in [2.75, 3.05) is 31.0 Å². The molecule has 0 radical (unpaired) electrons. The number of anilines is 2. The molecule has 0 aliphatic rings. The zero-order valence-corrected chi connectivity index (χ0v) is 21.2. The molecule has 0 saturated heterocycles. The number of hydrogen-bond acceptors (Lipinski definition) is 5. The average molecular weight is 563 g/mol. The van der Waals surface area contributed by atoms with E-state index < -0.39 is 5.91 Å². The summed E-state index contributed by atoms with van der Waals surface area (Å²) < 4.78 is 11.2. The standard InChI is InChI=1S/C24H21BrClN3O4S/c1-32-10-11-33-21-9-8-16(13-20(21)25)23(31)29-24(34)28-18-6-2-4-15(12-18)22(30)27-19-7-3-5-17(26)14-19/h2-9,12-14H,10-11H2,1H3,(H,27,30)(H2,28,29,31,34). The Morgan fingerprint density at radius 3 is 2.32 bits per heavy atom. The Labute approximate surface area is 215 Å². The normalized spacial score (nSPS) is 10.3. The fraction of sp³-hybridized carbons (Fsp3) is 0.125. The second-order valence-electron chi connectivity index (χ2n) is 6.94. The number of hydrogen-bond donors (Lipinski definition) is 3. The molecule has 0 saturated carbocycles. The summed E-state index contributed by atoms with van der Waals surface area (Å²) in [5, 5.41) is 8.94. The number of thiocarbonyl (C=S) groups is 1. The van der Waals surface area contributed by atoms with Crippen molar-refractivity contribution in [2.45, 2.75) is 0 Å². The highest BCUT2D eigenvalue weighted by atomic mass is 79.9. The van der Waals surface area contributed by atoms with Crippen LogP contribution in [0.1, 0.15) is 20.7 Å². The molecule has 10 heteroatoms. The van der Waals surface area contributed by atoms with Gasteiger partial charge in [0.15, 0.2) is 5.11 Å². The van der Waals surface area contributed by atoms with Crippen molar-refractivity contribution in [1.82, 2.24) is 5.32 Å². The van der Waals surface area contributed by atoms with Gasteiger partial charge in [-0.2, -0.15) is 0 Å². The zero-order valence-electron chi connectivity index (χ0n) is 18.1. The number of carbonyl (C=O) groups is 2. The van der Waals surface area contributed by atoms with E-state index in [1.807, 2.05) is 0 Å². The number of carbonyl (C=O) groups excluding carboxylic acids is 2. The molecule has 176 valence electrons. The first-order valence-electron chi connectivity index (χ1n) is 10.1. The van der Waals surface area contributed by atoms with Crippen molar-refractivity contribution in [3.8, 4) is 5.75 Å². The molecule has 0 aliphatic carbocycles. The van der Waals surface area contributed by atoms with Gasteiger partial charge >= 0.3 is 0 Å². The van der Waals surface area contributed by atoms with Crippen molar-refractivity contribution in [3.63, 3.8) is 0 Å². The highest BCUT2D eigenvalue weighted by Gasteiger charge is 2.12. The zero-order chi connectivity index (χ0) is 24.5. The Morgan fingerprint density at radius 2 is 1.62 bits per heavy atom. The molecule has 0 aromatic heterocycles. The topological polar surface area (TPSA) is 88.7 Å². The Morgan fingerprint density at radius 1 is 0.912 bits per heavy atom. The van der Waals surface area contributed by atoms with Gasteiger partial charge in [-0.25, -0.2) is 0 Å². The van der Waals surface area contributed by atoms with Gasteiger partial charge in [0, 0.05) is 34.6 Å². The third kappa shape index (κ3) is 7.53. The van der Waals surface area contributed by atoms with Crippen LogP contribution >= 0.6 is 39.7 Å². The van der Waals surface area contributed by atoms with Gasteiger partial charge in [-0.1, -0.05) is 23.7 Å². The highest BCUT2D eigenvalue weighted by molar-refractivity contribution is 9.10. The number of amides is 2. The summed E-state index contributed by atoms with van der Waals surface area (Å²) in [4.78, 5) is 25.1. The molecule has 34 heavy (non-hydrogen) atoms. The van der Waals surface area contributed by atoms with Gasteiger partial charge in [-0.05, 0) is 82.7 Å². The van der Waals surface area contributed by atoms with E-state index >= 15 is 0 Å². The van der Waals surface area contributed by atoms with Crippen LogP contribution in [0, 0.1) is 0 Å². The number of nitrogens with one attached hydrogen (secondary N) is 3. The van der Waals surface area contributed by atoms with Crippen molar-refractivity contribution in [1.29, 1.82) is 0 Å². The Balaban J connectivity index is 1.59. The lowest BCUT2D eigenvalue weighted by molar-refractivity contribution is 0.0976. The van der Waals surface area contributed by atoms with Crippen LogP contribution in [0.25, 0.3) is 0 Å². The van der Waals surface area contributed by atoms with Crippen LogP contribution in [0.15, 0.2) is 71.2 Å². The first-order chi connectivity index (χ1) is 16.4. The first kappa shape index (κ1) is 25.6. The van der Waals surface area contributed by atoms with E-state index in [4.69, 9.17) is 33.3 Å². The van der Waals surface area contributed by atoms with Crippen molar-refractivity contribution < 1.29 is 19.1 Å². The molecule has 0 bridgehead atoms. The van der Waals surface area contributed by atoms with E-state index in [1.165, 1.54) is 0 Å². The smallest absolute Gasteiger partial charge is 0.257 e. The SMILES string of the molecule is COCCOc1ccc(C(=O)NC(=S)Nc2cccc(C(=O)Nc3cccc(Cl)c3)c2)cc1Br. The molecule has 0 aliphatic heterocycles. The third-order valence-electron chi connectivity index (χ3n) is 4.43. The van der Waals surface area contributed by atoms with Gasteiger partial charge in [0.25, 0.3) is 11.8 Å². The summed E-state index contributed by atoms with van der Waals surface area (Å²) in [6, 6.07) is 18.6. The van der Waals surface area contributed by atoms with Crippen LogP contribution < -0.4 is 20.7 Å². The number of halogens is 2. The quantitative estimate of drug-likeness (QED) is 0.248. The summed E-state index contributed by atoms with van der Waals surface area (Å²) >= 11 is 14.6. The fourth-order valence-corrected chi connectivity index (χ4v) is 3.73. The van der Waals surface area contributed by atoms with E-state index in [1.54, 1.807) is 73.8 Å². The highest BCUT2D eigenvalue weighted by Crippen LogP contribution is 2.26. The molecule has 0 unspecified atom stereocenters. The molecule has 3 aromatic rings. The average Bonchev–Trinajstić information content (AvgIpc) is 2.80. The lowest BCUT2D eigenvalue weighted by Gasteiger charge is -2.12. The fourth-order valence-electron chi connectivity index (χ4n) is 2.84. The number of methoxy groups -OCH3 is 1. The van der Waals surface area contributed by atoms with E-state index in [9.17, 15) is 9.59 Å². The maximum absolute atomic E-state index is 12.6. The molecule has 3 rings (SSSR count). The van der Waals surface area contributed by atoms with E-state index in [-0.39, 0.29) is 11.0 Å². The molecule has 3 aromatic carbocycles. The minimum absolute atomic E-state index is 0.0916. The summed E-state index contributed by atoms with van der Waals surface area (Å²) in [5.74, 6) is -0.0998. The maximum atomic E-state index is 12.6. The molecular weight excluding hydrogens is 542 g/mol. The molecular formula is C24H21BrClN3O4S. The summed E-state index contributed by atoms with van der Waals surface area (Å²) in [6.07, 6.45) is 0. The number of rotatable bonds is 8. The minimum Gasteiger partial charge on any atom is -0.490 e. The van der Waals surface area contributed by atoms with E-state index in [2.05, 4.69) is 31.9 Å². The van der Waals surface area contributed by atoms with Crippen molar-refractivity contribution in [3.05, 3.63) is 87.4 Å². The molecule has 0 spiro atoms. The molecule has 7 nitrogen and oxygen atoms in total. The monoisotopic (exact) mass is 561 g/mol. The molecule has 3 N–H and O–H groups in total. The molecule has 0 heterocycles. The van der Waals surface area contributed by atoms with Gasteiger partial charge < -0.3 is 20.1 Å². The first-order valence-corrected chi connectivity index (χ1v) is 11.6. The Kier molecular flexibility index (Phi) is 9.41. The van der Waals surface area contributed by atoms with Gasteiger partial charge in [0.2, 0.25) is 0 Å². The third-order valence-corrected chi connectivity index (χ3v) is 5.49. The lowest BCUT2D eigenvalue weighted by Crippen LogP contribution is -2.34. The Bertz CT molecular complexity index is 1210. The largest absolute Gasteiger partial charge is 0.490 e. The lowest BCUT2D eigenvalue weighted by atomic mass is 10.2. The summed E-state index contributed by atoms with van der Waals surface area (Å²) in [6.45, 7) is 0.850.